The molecule has 6 heteroatoms. The zero-order valence-corrected chi connectivity index (χ0v) is 16.7. The molecule has 0 radical (unpaired) electrons. The van der Waals surface area contributed by atoms with Gasteiger partial charge in [-0.1, -0.05) is 59.6 Å². The SMILES string of the molecule is O=C(CSCc1c(Cl)cccc1Cl)Nc1ccccc1Oc1ccccc1. The molecular formula is C21H17Cl2NO2S. The smallest absolute Gasteiger partial charge is 0.234 e. The maximum atomic E-state index is 12.3. The molecule has 0 aliphatic rings. The standard InChI is InChI=1S/C21H17Cl2NO2S/c22-17-9-6-10-18(23)16(17)13-27-14-21(25)24-19-11-4-5-12-20(19)26-15-7-2-1-3-8-15/h1-12H,13-14H2,(H,24,25). The molecule has 1 N–H and O–H groups in total. The van der Waals surface area contributed by atoms with Gasteiger partial charge < -0.3 is 10.1 Å². The van der Waals surface area contributed by atoms with E-state index in [1.807, 2.05) is 54.6 Å². The molecule has 3 nitrogen and oxygen atoms in total. The van der Waals surface area contributed by atoms with Gasteiger partial charge >= 0.3 is 0 Å². The Hall–Kier alpha value is -2.14. The van der Waals surface area contributed by atoms with Crippen LogP contribution in [0, 0.1) is 0 Å². The Morgan fingerprint density at radius 3 is 2.30 bits per heavy atom. The van der Waals surface area contributed by atoms with E-state index in [-0.39, 0.29) is 11.7 Å². The highest BCUT2D eigenvalue weighted by Crippen LogP contribution is 2.30. The van der Waals surface area contributed by atoms with Gasteiger partial charge in [0.05, 0.1) is 11.4 Å². The molecule has 0 bridgehead atoms. The van der Waals surface area contributed by atoms with E-state index in [4.69, 9.17) is 27.9 Å². The van der Waals surface area contributed by atoms with Crippen molar-refractivity contribution in [2.75, 3.05) is 11.1 Å². The Bertz CT molecular complexity index is 899. The average Bonchev–Trinajstić information content (AvgIpc) is 2.66. The molecule has 0 saturated carbocycles. The van der Waals surface area contributed by atoms with E-state index in [1.54, 1.807) is 18.2 Å². The largest absolute Gasteiger partial charge is 0.455 e. The quantitative estimate of drug-likeness (QED) is 0.466. The number of benzene rings is 3. The number of amides is 1. The molecule has 138 valence electrons. The first-order valence-electron chi connectivity index (χ1n) is 8.26. The second kappa shape index (κ2) is 9.70. The number of ether oxygens (including phenoxy) is 1. The minimum Gasteiger partial charge on any atom is -0.455 e. The van der Waals surface area contributed by atoms with Gasteiger partial charge in [-0.05, 0) is 42.0 Å². The predicted molar refractivity (Wildman–Crippen MR) is 114 cm³/mol. The first kappa shape index (κ1) is 19.6. The van der Waals surface area contributed by atoms with Crippen molar-refractivity contribution in [1.82, 2.24) is 0 Å². The third kappa shape index (κ3) is 5.67. The summed E-state index contributed by atoms with van der Waals surface area (Å²) in [5, 5.41) is 4.11. The summed E-state index contributed by atoms with van der Waals surface area (Å²) < 4.78 is 5.86. The highest BCUT2D eigenvalue weighted by Gasteiger charge is 2.10. The van der Waals surface area contributed by atoms with Gasteiger partial charge in [0.15, 0.2) is 5.75 Å². The molecule has 0 aromatic heterocycles. The summed E-state index contributed by atoms with van der Waals surface area (Å²) in [7, 11) is 0. The minimum absolute atomic E-state index is 0.118. The topological polar surface area (TPSA) is 38.3 Å². The molecule has 0 aliphatic carbocycles. The fourth-order valence-electron chi connectivity index (χ4n) is 2.38. The summed E-state index contributed by atoms with van der Waals surface area (Å²) in [4.78, 5) is 12.3. The van der Waals surface area contributed by atoms with E-state index in [1.165, 1.54) is 11.8 Å². The van der Waals surface area contributed by atoms with Gasteiger partial charge in [-0.3, -0.25) is 4.79 Å². The highest BCUT2D eigenvalue weighted by molar-refractivity contribution is 7.99. The van der Waals surface area contributed by atoms with Crippen LogP contribution in [0.25, 0.3) is 0 Å². The molecule has 0 aliphatic heterocycles. The van der Waals surface area contributed by atoms with Crippen molar-refractivity contribution >= 4 is 46.6 Å². The van der Waals surface area contributed by atoms with Crippen LogP contribution in [0.15, 0.2) is 72.8 Å². The number of carbonyl (C=O) groups excluding carboxylic acids is 1. The van der Waals surface area contributed by atoms with Gasteiger partial charge in [-0.2, -0.15) is 0 Å². The number of rotatable bonds is 7. The van der Waals surface area contributed by atoms with Crippen molar-refractivity contribution in [3.63, 3.8) is 0 Å². The molecule has 0 atom stereocenters. The van der Waals surface area contributed by atoms with Crippen molar-refractivity contribution in [2.24, 2.45) is 0 Å². The maximum absolute atomic E-state index is 12.3. The lowest BCUT2D eigenvalue weighted by Gasteiger charge is -2.12. The van der Waals surface area contributed by atoms with Gasteiger partial charge in [0, 0.05) is 15.8 Å². The Morgan fingerprint density at radius 1 is 0.889 bits per heavy atom. The van der Waals surface area contributed by atoms with Gasteiger partial charge in [-0.25, -0.2) is 0 Å². The molecule has 0 saturated heterocycles. The second-order valence-electron chi connectivity index (χ2n) is 5.65. The van der Waals surface area contributed by atoms with E-state index >= 15 is 0 Å². The van der Waals surface area contributed by atoms with Crippen molar-refractivity contribution in [3.05, 3.63) is 88.4 Å². The summed E-state index contributed by atoms with van der Waals surface area (Å²) in [6, 6.07) is 22.2. The fourth-order valence-corrected chi connectivity index (χ4v) is 3.94. The summed E-state index contributed by atoms with van der Waals surface area (Å²) in [5.41, 5.74) is 1.47. The van der Waals surface area contributed by atoms with E-state index in [9.17, 15) is 4.79 Å². The monoisotopic (exact) mass is 417 g/mol. The van der Waals surface area contributed by atoms with Crippen LogP contribution in [-0.2, 0) is 10.5 Å². The van der Waals surface area contributed by atoms with Crippen LogP contribution in [0.2, 0.25) is 10.0 Å². The predicted octanol–water partition coefficient (Wildman–Crippen LogP) is 6.66. The van der Waals surface area contributed by atoms with Crippen LogP contribution in [0.4, 0.5) is 5.69 Å². The molecule has 0 fully saturated rings. The Morgan fingerprint density at radius 2 is 1.56 bits per heavy atom. The van der Waals surface area contributed by atoms with E-state index < -0.39 is 0 Å². The molecule has 0 unspecified atom stereocenters. The summed E-state index contributed by atoms with van der Waals surface area (Å²) >= 11 is 13.8. The van der Waals surface area contributed by atoms with Crippen molar-refractivity contribution in [1.29, 1.82) is 0 Å². The van der Waals surface area contributed by atoms with Crippen LogP contribution in [-0.4, -0.2) is 11.7 Å². The number of anilines is 1. The van der Waals surface area contributed by atoms with Crippen molar-refractivity contribution in [2.45, 2.75) is 5.75 Å². The van der Waals surface area contributed by atoms with Gasteiger partial charge in [0.1, 0.15) is 5.75 Å². The number of para-hydroxylation sites is 3. The van der Waals surface area contributed by atoms with Crippen LogP contribution in [0.3, 0.4) is 0 Å². The Balaban J connectivity index is 1.58. The maximum Gasteiger partial charge on any atom is 0.234 e. The molecular weight excluding hydrogens is 401 g/mol. The van der Waals surface area contributed by atoms with Gasteiger partial charge in [-0.15, -0.1) is 11.8 Å². The van der Waals surface area contributed by atoms with Gasteiger partial charge in [0.25, 0.3) is 0 Å². The van der Waals surface area contributed by atoms with Crippen LogP contribution < -0.4 is 10.1 Å². The first-order chi connectivity index (χ1) is 13.1. The minimum atomic E-state index is -0.118. The van der Waals surface area contributed by atoms with Crippen LogP contribution in [0.1, 0.15) is 5.56 Å². The van der Waals surface area contributed by atoms with Gasteiger partial charge in [0.2, 0.25) is 5.91 Å². The molecule has 3 aromatic rings. The number of halogens is 2. The molecule has 3 rings (SSSR count). The number of nitrogens with one attached hydrogen (secondary N) is 1. The molecule has 27 heavy (non-hydrogen) atoms. The normalized spacial score (nSPS) is 10.4. The molecule has 0 spiro atoms. The lowest BCUT2D eigenvalue weighted by atomic mass is 10.2. The van der Waals surface area contributed by atoms with Crippen molar-refractivity contribution < 1.29 is 9.53 Å². The molecule has 0 heterocycles. The van der Waals surface area contributed by atoms with E-state index in [0.29, 0.717) is 33.0 Å². The average molecular weight is 418 g/mol. The van der Waals surface area contributed by atoms with E-state index in [0.717, 1.165) is 5.56 Å². The number of carbonyl (C=O) groups is 1. The summed E-state index contributed by atoms with van der Waals surface area (Å²) in [6.07, 6.45) is 0. The number of thioether (sulfide) groups is 1. The third-order valence-electron chi connectivity index (χ3n) is 3.67. The zero-order chi connectivity index (χ0) is 19.1. The van der Waals surface area contributed by atoms with Crippen LogP contribution >= 0.6 is 35.0 Å². The number of hydrogen-bond acceptors (Lipinski definition) is 3. The van der Waals surface area contributed by atoms with E-state index in [2.05, 4.69) is 5.32 Å². The first-order valence-corrected chi connectivity index (χ1v) is 10.2. The molecule has 1 amide bonds. The lowest BCUT2D eigenvalue weighted by Crippen LogP contribution is -2.14. The fraction of sp³-hybridized carbons (Fsp3) is 0.0952. The van der Waals surface area contributed by atoms with Crippen molar-refractivity contribution in [3.8, 4) is 11.5 Å². The summed E-state index contributed by atoms with van der Waals surface area (Å²) in [6.45, 7) is 0. The Labute approximate surface area is 172 Å². The summed E-state index contributed by atoms with van der Waals surface area (Å²) in [5.74, 6) is 2.03. The number of hydrogen-bond donors (Lipinski definition) is 1. The Kier molecular flexibility index (Phi) is 7.04. The second-order valence-corrected chi connectivity index (χ2v) is 7.45. The van der Waals surface area contributed by atoms with Crippen LogP contribution in [0.5, 0.6) is 11.5 Å². The highest BCUT2D eigenvalue weighted by atomic mass is 35.5. The lowest BCUT2D eigenvalue weighted by molar-refractivity contribution is -0.113. The zero-order valence-electron chi connectivity index (χ0n) is 14.3. The molecule has 3 aromatic carbocycles. The third-order valence-corrected chi connectivity index (χ3v) is 5.34.